The van der Waals surface area contributed by atoms with E-state index in [0.717, 1.165) is 15.2 Å². The van der Waals surface area contributed by atoms with Crippen LogP contribution in [0.5, 0.6) is 5.75 Å². The summed E-state index contributed by atoms with van der Waals surface area (Å²) < 4.78 is 5.25. The molecule has 0 aliphatic rings. The van der Waals surface area contributed by atoms with Crippen molar-refractivity contribution in [3.8, 4) is 5.75 Å². The van der Waals surface area contributed by atoms with Crippen LogP contribution >= 0.6 is 23.1 Å². The third kappa shape index (κ3) is 3.46. The van der Waals surface area contributed by atoms with Gasteiger partial charge >= 0.3 is 0 Å². The Labute approximate surface area is 142 Å². The molecule has 5 nitrogen and oxygen atoms in total. The summed E-state index contributed by atoms with van der Waals surface area (Å²) in [6.07, 6.45) is 1.53. The van der Waals surface area contributed by atoms with Crippen molar-refractivity contribution in [1.82, 2.24) is 9.97 Å². The molecule has 3 aromatic rings. The van der Waals surface area contributed by atoms with Gasteiger partial charge in [0.05, 0.1) is 18.0 Å². The van der Waals surface area contributed by atoms with Crippen molar-refractivity contribution in [3.05, 3.63) is 42.0 Å². The number of thiophene rings is 1. The van der Waals surface area contributed by atoms with Crippen LogP contribution < -0.4 is 10.1 Å². The van der Waals surface area contributed by atoms with E-state index in [1.807, 2.05) is 42.6 Å². The van der Waals surface area contributed by atoms with Crippen molar-refractivity contribution in [3.63, 3.8) is 0 Å². The molecule has 0 aliphatic heterocycles. The van der Waals surface area contributed by atoms with E-state index in [2.05, 4.69) is 15.3 Å². The fourth-order valence-electron chi connectivity index (χ4n) is 2.06. The summed E-state index contributed by atoms with van der Waals surface area (Å²) in [5.74, 6) is 0.543. The quantitative estimate of drug-likeness (QED) is 0.562. The molecule has 0 fully saturated rings. The number of anilines is 1. The molecule has 0 spiro atoms. The molecule has 0 radical (unpaired) electrons. The zero-order chi connectivity index (χ0) is 16.2. The zero-order valence-electron chi connectivity index (χ0n) is 12.6. The Bertz CT molecular complexity index is 835. The Morgan fingerprint density at radius 3 is 2.96 bits per heavy atom. The summed E-state index contributed by atoms with van der Waals surface area (Å²) in [6, 6.07) is 9.33. The maximum Gasteiger partial charge on any atom is 0.237 e. The number of carbonyl (C=O) groups excluding carboxylic acids is 1. The molecule has 7 heteroatoms. The maximum absolute atomic E-state index is 12.4. The first-order valence-electron chi connectivity index (χ1n) is 6.98. The predicted octanol–water partition coefficient (Wildman–Crippen LogP) is 3.82. The number of para-hydroxylation sites is 2. The van der Waals surface area contributed by atoms with Crippen LogP contribution in [0.3, 0.4) is 0 Å². The molecular weight excluding hydrogens is 330 g/mol. The molecule has 2 aromatic heterocycles. The van der Waals surface area contributed by atoms with Gasteiger partial charge in [0.1, 0.15) is 21.9 Å². The van der Waals surface area contributed by atoms with Gasteiger partial charge in [0.15, 0.2) is 0 Å². The number of hydrogen-bond donors (Lipinski definition) is 1. The first-order valence-corrected chi connectivity index (χ1v) is 8.73. The van der Waals surface area contributed by atoms with E-state index >= 15 is 0 Å². The second-order valence-corrected chi connectivity index (χ2v) is 6.99. The average Bonchev–Trinajstić information content (AvgIpc) is 3.05. The number of thioether (sulfide) groups is 1. The molecule has 1 aromatic carbocycles. The number of hydrogen-bond acceptors (Lipinski definition) is 6. The van der Waals surface area contributed by atoms with E-state index in [1.54, 1.807) is 18.4 Å². The fourth-order valence-corrected chi connectivity index (χ4v) is 3.76. The molecule has 0 saturated heterocycles. The second kappa shape index (κ2) is 6.97. The van der Waals surface area contributed by atoms with Crippen molar-refractivity contribution in [2.75, 3.05) is 12.4 Å². The number of benzene rings is 1. The smallest absolute Gasteiger partial charge is 0.237 e. The zero-order valence-corrected chi connectivity index (χ0v) is 14.3. The van der Waals surface area contributed by atoms with Crippen LogP contribution in [-0.4, -0.2) is 28.2 Å². The lowest BCUT2D eigenvalue weighted by Gasteiger charge is -2.14. The van der Waals surface area contributed by atoms with Gasteiger partial charge in [0.2, 0.25) is 5.91 Å². The Kier molecular flexibility index (Phi) is 4.78. The first kappa shape index (κ1) is 15.8. The summed E-state index contributed by atoms with van der Waals surface area (Å²) >= 11 is 2.98. The standard InChI is InChI=1S/C16H15N3O2S2/c1-10(14(20)19-12-5-3-4-6-13(12)21-2)23-16-11-7-8-22-15(11)17-9-18-16/h3-10H,1-2H3,(H,19,20)/t10-/m1/s1. The number of amides is 1. The van der Waals surface area contributed by atoms with Gasteiger partial charge in [-0.3, -0.25) is 4.79 Å². The van der Waals surface area contributed by atoms with Crippen LogP contribution in [-0.2, 0) is 4.79 Å². The number of ether oxygens (including phenoxy) is 1. The third-order valence-corrected chi connectivity index (χ3v) is 5.18. The number of fused-ring (bicyclic) bond motifs is 1. The monoisotopic (exact) mass is 345 g/mol. The Hall–Kier alpha value is -2.12. The molecule has 0 bridgehead atoms. The van der Waals surface area contributed by atoms with Gasteiger partial charge in [-0.2, -0.15) is 0 Å². The number of nitrogens with one attached hydrogen (secondary N) is 1. The van der Waals surface area contributed by atoms with Crippen molar-refractivity contribution in [2.24, 2.45) is 0 Å². The molecule has 3 rings (SSSR count). The van der Waals surface area contributed by atoms with E-state index in [9.17, 15) is 4.79 Å². The summed E-state index contributed by atoms with van der Waals surface area (Å²) in [6.45, 7) is 1.86. The highest BCUT2D eigenvalue weighted by atomic mass is 32.2. The average molecular weight is 345 g/mol. The van der Waals surface area contributed by atoms with Crippen LogP contribution in [0.25, 0.3) is 10.2 Å². The van der Waals surface area contributed by atoms with Gasteiger partial charge in [-0.1, -0.05) is 23.9 Å². The van der Waals surface area contributed by atoms with Gasteiger partial charge in [-0.15, -0.1) is 11.3 Å². The molecule has 1 atom stereocenters. The Morgan fingerprint density at radius 1 is 1.30 bits per heavy atom. The van der Waals surface area contributed by atoms with E-state index in [4.69, 9.17) is 4.74 Å². The van der Waals surface area contributed by atoms with Gasteiger partial charge in [0, 0.05) is 5.39 Å². The van der Waals surface area contributed by atoms with Crippen molar-refractivity contribution >= 4 is 44.9 Å². The van der Waals surface area contributed by atoms with E-state index < -0.39 is 0 Å². The third-order valence-electron chi connectivity index (χ3n) is 3.25. The van der Waals surface area contributed by atoms with Crippen LogP contribution in [0.1, 0.15) is 6.92 Å². The number of nitrogens with zero attached hydrogens (tertiary/aromatic N) is 2. The van der Waals surface area contributed by atoms with Crippen molar-refractivity contribution in [1.29, 1.82) is 0 Å². The molecule has 23 heavy (non-hydrogen) atoms. The predicted molar refractivity (Wildman–Crippen MR) is 94.4 cm³/mol. The molecular formula is C16H15N3O2S2. The summed E-state index contributed by atoms with van der Waals surface area (Å²) in [5, 5.41) is 6.38. The number of rotatable bonds is 5. The SMILES string of the molecule is COc1ccccc1NC(=O)[C@@H](C)Sc1ncnc2sccc12. The normalized spacial score (nSPS) is 12.1. The molecule has 1 amide bonds. The van der Waals surface area contributed by atoms with Gasteiger partial charge < -0.3 is 10.1 Å². The summed E-state index contributed by atoms with van der Waals surface area (Å²) in [7, 11) is 1.58. The summed E-state index contributed by atoms with van der Waals surface area (Å²) in [5.41, 5.74) is 0.663. The highest BCUT2D eigenvalue weighted by Gasteiger charge is 2.18. The van der Waals surface area contributed by atoms with Crippen LogP contribution in [0.2, 0.25) is 0 Å². The minimum atomic E-state index is -0.294. The second-order valence-electron chi connectivity index (χ2n) is 4.77. The molecule has 0 saturated carbocycles. The van der Waals surface area contributed by atoms with Gasteiger partial charge in [-0.25, -0.2) is 9.97 Å². The molecule has 118 valence electrons. The topological polar surface area (TPSA) is 64.1 Å². The van der Waals surface area contributed by atoms with E-state index in [0.29, 0.717) is 11.4 Å². The van der Waals surface area contributed by atoms with Crippen molar-refractivity contribution < 1.29 is 9.53 Å². The maximum atomic E-state index is 12.4. The number of aromatic nitrogens is 2. The lowest BCUT2D eigenvalue weighted by molar-refractivity contribution is -0.115. The van der Waals surface area contributed by atoms with E-state index in [1.165, 1.54) is 18.1 Å². The van der Waals surface area contributed by atoms with Crippen molar-refractivity contribution in [2.45, 2.75) is 17.2 Å². The fraction of sp³-hybridized carbons (Fsp3) is 0.188. The highest BCUT2D eigenvalue weighted by molar-refractivity contribution is 8.00. The highest BCUT2D eigenvalue weighted by Crippen LogP contribution is 2.31. The first-order chi connectivity index (χ1) is 11.2. The largest absolute Gasteiger partial charge is 0.495 e. The lowest BCUT2D eigenvalue weighted by Crippen LogP contribution is -2.22. The van der Waals surface area contributed by atoms with Crippen LogP contribution in [0, 0.1) is 0 Å². The van der Waals surface area contributed by atoms with E-state index in [-0.39, 0.29) is 11.2 Å². The minimum Gasteiger partial charge on any atom is -0.495 e. The molecule has 2 heterocycles. The van der Waals surface area contributed by atoms with Gasteiger partial charge in [-0.05, 0) is 30.5 Å². The van der Waals surface area contributed by atoms with Gasteiger partial charge in [0.25, 0.3) is 0 Å². The summed E-state index contributed by atoms with van der Waals surface area (Å²) in [4.78, 5) is 21.9. The molecule has 1 N–H and O–H groups in total. The Balaban J connectivity index is 1.74. The lowest BCUT2D eigenvalue weighted by atomic mass is 10.3. The molecule has 0 aliphatic carbocycles. The Morgan fingerprint density at radius 2 is 2.13 bits per heavy atom. The van der Waals surface area contributed by atoms with Crippen LogP contribution in [0.15, 0.2) is 47.1 Å². The molecule has 0 unspecified atom stereocenters. The van der Waals surface area contributed by atoms with Crippen LogP contribution in [0.4, 0.5) is 5.69 Å². The minimum absolute atomic E-state index is 0.0958. The number of carbonyl (C=O) groups is 1. The number of methoxy groups -OCH3 is 1.